The summed E-state index contributed by atoms with van der Waals surface area (Å²) in [5.74, 6) is 2.65. The topological polar surface area (TPSA) is 71.1 Å². The number of anilines is 1. The molecule has 3 saturated heterocycles. The second kappa shape index (κ2) is 8.40. The van der Waals surface area contributed by atoms with E-state index in [1.54, 1.807) is 4.90 Å². The fourth-order valence-electron chi connectivity index (χ4n) is 5.02. The molecule has 3 atom stereocenters. The van der Waals surface area contributed by atoms with E-state index in [2.05, 4.69) is 5.32 Å². The molecule has 0 spiro atoms. The first-order chi connectivity index (χ1) is 13.7. The number of ether oxygens (including phenoxy) is 2. The largest absolute Gasteiger partial charge is 0.486 e. The van der Waals surface area contributed by atoms with Gasteiger partial charge in [0.05, 0.1) is 5.92 Å². The number of benzene rings is 1. The van der Waals surface area contributed by atoms with Crippen LogP contribution in [0.25, 0.3) is 0 Å². The highest BCUT2D eigenvalue weighted by molar-refractivity contribution is 6.00. The van der Waals surface area contributed by atoms with Crippen LogP contribution in [-0.2, 0) is 9.59 Å². The molecule has 4 heterocycles. The molecule has 29 heavy (non-hydrogen) atoms. The number of carbonyl (C=O) groups excluding carboxylic acids is 2. The van der Waals surface area contributed by atoms with Crippen molar-refractivity contribution in [3.8, 4) is 11.5 Å². The van der Waals surface area contributed by atoms with Gasteiger partial charge in [-0.2, -0.15) is 0 Å². The molecule has 8 heteroatoms. The molecule has 2 amide bonds. The molecule has 0 aliphatic carbocycles. The predicted octanol–water partition coefficient (Wildman–Crippen LogP) is 1.69. The van der Waals surface area contributed by atoms with Crippen LogP contribution >= 0.6 is 12.4 Å². The van der Waals surface area contributed by atoms with E-state index < -0.39 is 0 Å². The average Bonchev–Trinajstić information content (AvgIpc) is 3.28. The summed E-state index contributed by atoms with van der Waals surface area (Å²) < 4.78 is 11.2. The van der Waals surface area contributed by atoms with E-state index in [9.17, 15) is 9.59 Å². The summed E-state index contributed by atoms with van der Waals surface area (Å²) in [5, 5.41) is 3.47. The van der Waals surface area contributed by atoms with E-state index in [1.807, 2.05) is 23.1 Å². The van der Waals surface area contributed by atoms with Crippen LogP contribution in [-0.4, -0.2) is 62.7 Å². The molecule has 7 nitrogen and oxygen atoms in total. The molecular formula is C21H28ClN3O4. The standard InChI is InChI=1S/C21H27N3O4.ClH/c25-20-9-16(21(26)23-5-3-14-11-22-12-15(14)4-6-23)13-24(20)17-1-2-18-19(10-17)28-8-7-27-18;/h1-2,10,14-16,22H,3-9,11-13H2;1H/t14-,15+,16?;. The highest BCUT2D eigenvalue weighted by atomic mass is 35.5. The number of rotatable bonds is 2. The summed E-state index contributed by atoms with van der Waals surface area (Å²) in [6.07, 6.45) is 2.42. The predicted molar refractivity (Wildman–Crippen MR) is 111 cm³/mol. The molecule has 158 valence electrons. The fraction of sp³-hybridized carbons (Fsp3) is 0.619. The van der Waals surface area contributed by atoms with Crippen LogP contribution in [0.5, 0.6) is 11.5 Å². The summed E-state index contributed by atoms with van der Waals surface area (Å²) >= 11 is 0. The number of likely N-dealkylation sites (tertiary alicyclic amines) is 1. The van der Waals surface area contributed by atoms with E-state index in [0.29, 0.717) is 43.1 Å². The Morgan fingerprint density at radius 3 is 2.45 bits per heavy atom. The molecule has 0 radical (unpaired) electrons. The fourth-order valence-corrected chi connectivity index (χ4v) is 5.02. The van der Waals surface area contributed by atoms with E-state index >= 15 is 0 Å². The van der Waals surface area contributed by atoms with Gasteiger partial charge in [0.2, 0.25) is 11.8 Å². The molecule has 0 bridgehead atoms. The lowest BCUT2D eigenvalue weighted by atomic mass is 9.92. The molecule has 1 aromatic carbocycles. The molecule has 1 N–H and O–H groups in total. The first-order valence-electron chi connectivity index (χ1n) is 10.4. The number of halogens is 1. The van der Waals surface area contributed by atoms with Crippen molar-refractivity contribution in [3.63, 3.8) is 0 Å². The molecule has 4 aliphatic rings. The van der Waals surface area contributed by atoms with Gasteiger partial charge in [-0.25, -0.2) is 0 Å². The SMILES string of the molecule is Cl.O=C(C1CC(=O)N(c2ccc3c(c2)OCCO3)C1)N1CC[C@@H]2CNC[C@@H]2CC1. The Balaban J connectivity index is 0.00000205. The molecule has 5 rings (SSSR count). The van der Waals surface area contributed by atoms with E-state index in [1.165, 1.54) is 0 Å². The minimum atomic E-state index is -0.253. The van der Waals surface area contributed by atoms with Crippen molar-refractivity contribution in [3.05, 3.63) is 18.2 Å². The van der Waals surface area contributed by atoms with Crippen molar-refractivity contribution in [1.82, 2.24) is 10.2 Å². The quantitative estimate of drug-likeness (QED) is 0.786. The van der Waals surface area contributed by atoms with Crippen LogP contribution in [0.2, 0.25) is 0 Å². The second-order valence-electron chi connectivity index (χ2n) is 8.31. The average molecular weight is 422 g/mol. The Labute approximate surface area is 177 Å². The molecule has 1 aromatic rings. The van der Waals surface area contributed by atoms with Gasteiger partial charge >= 0.3 is 0 Å². The minimum Gasteiger partial charge on any atom is -0.486 e. The van der Waals surface area contributed by atoms with Gasteiger partial charge in [0.1, 0.15) is 13.2 Å². The van der Waals surface area contributed by atoms with Gasteiger partial charge in [0, 0.05) is 37.8 Å². The van der Waals surface area contributed by atoms with Gasteiger partial charge < -0.3 is 24.6 Å². The zero-order valence-corrected chi connectivity index (χ0v) is 17.3. The van der Waals surface area contributed by atoms with Crippen LogP contribution in [0.3, 0.4) is 0 Å². The molecule has 0 aromatic heterocycles. The van der Waals surface area contributed by atoms with Crippen molar-refractivity contribution in [1.29, 1.82) is 0 Å². The zero-order chi connectivity index (χ0) is 19.1. The molecular weight excluding hydrogens is 394 g/mol. The highest BCUT2D eigenvalue weighted by Crippen LogP contribution is 2.36. The van der Waals surface area contributed by atoms with Crippen molar-refractivity contribution in [2.75, 3.05) is 50.8 Å². The lowest BCUT2D eigenvalue weighted by Crippen LogP contribution is -2.38. The van der Waals surface area contributed by atoms with Crippen LogP contribution in [0.1, 0.15) is 19.3 Å². The Kier molecular flexibility index (Phi) is 5.88. The van der Waals surface area contributed by atoms with E-state index in [0.717, 1.165) is 44.7 Å². The first kappa shape index (κ1) is 20.3. The zero-order valence-electron chi connectivity index (χ0n) is 16.5. The smallest absolute Gasteiger partial charge is 0.228 e. The lowest BCUT2D eigenvalue weighted by molar-refractivity contribution is -0.135. The van der Waals surface area contributed by atoms with Crippen LogP contribution in [0, 0.1) is 17.8 Å². The van der Waals surface area contributed by atoms with E-state index in [-0.39, 0.29) is 36.6 Å². The number of fused-ring (bicyclic) bond motifs is 2. The van der Waals surface area contributed by atoms with Crippen molar-refractivity contribution < 1.29 is 19.1 Å². The number of hydrogen-bond acceptors (Lipinski definition) is 5. The maximum absolute atomic E-state index is 13.1. The molecule has 4 aliphatic heterocycles. The third-order valence-electron chi connectivity index (χ3n) is 6.64. The summed E-state index contributed by atoms with van der Waals surface area (Å²) in [6, 6.07) is 5.56. The molecule has 1 unspecified atom stereocenters. The number of hydrogen-bond donors (Lipinski definition) is 1. The van der Waals surface area contributed by atoms with Gasteiger partial charge in [0.25, 0.3) is 0 Å². The maximum atomic E-state index is 13.1. The number of amides is 2. The third kappa shape index (κ3) is 3.90. The molecule has 0 saturated carbocycles. The van der Waals surface area contributed by atoms with Crippen LogP contribution in [0.15, 0.2) is 18.2 Å². The summed E-state index contributed by atoms with van der Waals surface area (Å²) in [4.78, 5) is 29.5. The summed E-state index contributed by atoms with van der Waals surface area (Å²) in [7, 11) is 0. The Morgan fingerprint density at radius 1 is 1.03 bits per heavy atom. The molecule has 3 fully saturated rings. The van der Waals surface area contributed by atoms with Crippen molar-refractivity contribution in [2.45, 2.75) is 19.3 Å². The van der Waals surface area contributed by atoms with Crippen LogP contribution in [0.4, 0.5) is 5.69 Å². The normalized spacial score (nSPS) is 28.6. The number of nitrogens with one attached hydrogen (secondary N) is 1. The summed E-state index contributed by atoms with van der Waals surface area (Å²) in [5.41, 5.74) is 0.779. The van der Waals surface area contributed by atoms with Crippen molar-refractivity contribution in [2.24, 2.45) is 17.8 Å². The number of nitrogens with zero attached hydrogens (tertiary/aromatic N) is 2. The van der Waals surface area contributed by atoms with Gasteiger partial charge in [-0.05, 0) is 49.9 Å². The van der Waals surface area contributed by atoms with Gasteiger partial charge in [-0.3, -0.25) is 9.59 Å². The number of carbonyl (C=O) groups is 2. The highest BCUT2D eigenvalue weighted by Gasteiger charge is 2.39. The van der Waals surface area contributed by atoms with Gasteiger partial charge in [-0.1, -0.05) is 0 Å². The monoisotopic (exact) mass is 421 g/mol. The Hall–Kier alpha value is -1.99. The summed E-state index contributed by atoms with van der Waals surface area (Å²) in [6.45, 7) is 5.28. The lowest BCUT2D eigenvalue weighted by Gasteiger charge is -2.25. The third-order valence-corrected chi connectivity index (χ3v) is 6.64. The van der Waals surface area contributed by atoms with Gasteiger partial charge in [0.15, 0.2) is 11.5 Å². The Bertz CT molecular complexity index is 775. The van der Waals surface area contributed by atoms with E-state index in [4.69, 9.17) is 9.47 Å². The Morgan fingerprint density at radius 2 is 1.72 bits per heavy atom. The minimum absolute atomic E-state index is 0. The second-order valence-corrected chi connectivity index (χ2v) is 8.31. The first-order valence-corrected chi connectivity index (χ1v) is 10.4. The van der Waals surface area contributed by atoms with Crippen LogP contribution < -0.4 is 19.7 Å². The van der Waals surface area contributed by atoms with Crippen molar-refractivity contribution >= 4 is 29.9 Å². The van der Waals surface area contributed by atoms with Gasteiger partial charge in [-0.15, -0.1) is 12.4 Å². The maximum Gasteiger partial charge on any atom is 0.228 e.